The second kappa shape index (κ2) is 7.80. The Morgan fingerprint density at radius 1 is 1.12 bits per heavy atom. The summed E-state index contributed by atoms with van der Waals surface area (Å²) in [6.07, 6.45) is 0.280. The van der Waals surface area contributed by atoms with Crippen molar-refractivity contribution in [1.29, 1.82) is 0 Å². The second-order valence-corrected chi connectivity index (χ2v) is 8.97. The lowest BCUT2D eigenvalue weighted by Gasteiger charge is -2.34. The summed E-state index contributed by atoms with van der Waals surface area (Å²) in [5, 5.41) is 0. The predicted octanol–water partition coefficient (Wildman–Crippen LogP) is 1.86. The Labute approximate surface area is 148 Å². The van der Waals surface area contributed by atoms with Crippen LogP contribution in [0.1, 0.15) is 27.2 Å². The van der Waals surface area contributed by atoms with E-state index in [2.05, 4.69) is 0 Å². The lowest BCUT2D eigenvalue weighted by atomic mass is 10.2. The molecule has 0 unspecified atom stereocenters. The Morgan fingerprint density at radius 2 is 1.68 bits per heavy atom. The third kappa shape index (κ3) is 5.76. The number of piperazine rings is 1. The first-order valence-electron chi connectivity index (χ1n) is 8.28. The Bertz CT molecular complexity index is 690. The minimum atomic E-state index is -3.61. The molecule has 1 aliphatic heterocycles. The summed E-state index contributed by atoms with van der Waals surface area (Å²) in [7, 11) is -3.61. The van der Waals surface area contributed by atoms with Crippen LogP contribution >= 0.6 is 0 Å². The SMILES string of the molecule is CC(C)(C)OC(=O)CCN1CCN(S(=O)(=O)c2ccc(F)cc2)CC1. The van der Waals surface area contributed by atoms with Crippen molar-refractivity contribution in [2.45, 2.75) is 37.7 Å². The second-order valence-electron chi connectivity index (χ2n) is 7.04. The summed E-state index contributed by atoms with van der Waals surface area (Å²) in [6.45, 7) is 7.78. The van der Waals surface area contributed by atoms with E-state index in [-0.39, 0.29) is 17.3 Å². The van der Waals surface area contributed by atoms with Gasteiger partial charge in [-0.2, -0.15) is 4.31 Å². The highest BCUT2D eigenvalue weighted by molar-refractivity contribution is 7.89. The van der Waals surface area contributed by atoms with Gasteiger partial charge in [-0.15, -0.1) is 0 Å². The molecule has 1 saturated heterocycles. The van der Waals surface area contributed by atoms with E-state index < -0.39 is 21.4 Å². The highest BCUT2D eigenvalue weighted by Crippen LogP contribution is 2.18. The zero-order valence-electron chi connectivity index (χ0n) is 14.9. The molecule has 0 aromatic heterocycles. The molecule has 0 atom stereocenters. The summed E-state index contributed by atoms with van der Waals surface area (Å²) < 4.78 is 44.7. The van der Waals surface area contributed by atoms with Crippen molar-refractivity contribution in [2.75, 3.05) is 32.7 Å². The number of carbonyl (C=O) groups is 1. The molecule has 1 fully saturated rings. The van der Waals surface area contributed by atoms with E-state index in [0.29, 0.717) is 32.7 Å². The van der Waals surface area contributed by atoms with E-state index in [1.807, 2.05) is 25.7 Å². The number of hydrogen-bond donors (Lipinski definition) is 0. The summed E-state index contributed by atoms with van der Waals surface area (Å²) >= 11 is 0. The molecule has 0 bridgehead atoms. The van der Waals surface area contributed by atoms with Crippen molar-refractivity contribution in [2.24, 2.45) is 0 Å². The van der Waals surface area contributed by atoms with Crippen molar-refractivity contribution >= 4 is 16.0 Å². The summed E-state index contributed by atoms with van der Waals surface area (Å²) in [6, 6.07) is 4.84. The van der Waals surface area contributed by atoms with Crippen LogP contribution in [-0.4, -0.2) is 61.9 Å². The van der Waals surface area contributed by atoms with Crippen LogP contribution in [0.4, 0.5) is 4.39 Å². The molecule has 0 N–H and O–H groups in total. The zero-order chi connectivity index (χ0) is 18.7. The number of halogens is 1. The molecule has 1 aliphatic rings. The zero-order valence-corrected chi connectivity index (χ0v) is 15.7. The first kappa shape index (κ1) is 19.8. The van der Waals surface area contributed by atoms with E-state index in [1.54, 1.807) is 0 Å². The lowest BCUT2D eigenvalue weighted by Crippen LogP contribution is -2.49. The fourth-order valence-corrected chi connectivity index (χ4v) is 4.01. The maximum absolute atomic E-state index is 13.0. The van der Waals surface area contributed by atoms with Crippen LogP contribution in [0.2, 0.25) is 0 Å². The van der Waals surface area contributed by atoms with E-state index in [1.165, 1.54) is 16.4 Å². The van der Waals surface area contributed by atoms with Gasteiger partial charge >= 0.3 is 5.97 Å². The Balaban J connectivity index is 1.85. The molecule has 2 rings (SSSR count). The van der Waals surface area contributed by atoms with Crippen LogP contribution in [-0.2, 0) is 19.6 Å². The third-order valence-electron chi connectivity index (χ3n) is 3.83. The van der Waals surface area contributed by atoms with E-state index in [0.717, 1.165) is 12.1 Å². The molecule has 6 nitrogen and oxygen atoms in total. The molecule has 0 saturated carbocycles. The average Bonchev–Trinajstić information content (AvgIpc) is 2.52. The van der Waals surface area contributed by atoms with Gasteiger partial charge in [-0.1, -0.05) is 0 Å². The number of carbonyl (C=O) groups excluding carboxylic acids is 1. The number of rotatable bonds is 5. The maximum atomic E-state index is 13.0. The Kier molecular flexibility index (Phi) is 6.18. The van der Waals surface area contributed by atoms with Crippen LogP contribution in [0.5, 0.6) is 0 Å². The van der Waals surface area contributed by atoms with Gasteiger partial charge in [0, 0.05) is 32.7 Å². The van der Waals surface area contributed by atoms with Gasteiger partial charge in [0.2, 0.25) is 10.0 Å². The van der Waals surface area contributed by atoms with Crippen molar-refractivity contribution in [3.63, 3.8) is 0 Å². The number of hydrogen-bond acceptors (Lipinski definition) is 5. The third-order valence-corrected chi connectivity index (χ3v) is 5.75. The summed E-state index contributed by atoms with van der Waals surface area (Å²) in [5.74, 6) is -0.722. The molecular weight excluding hydrogens is 347 g/mol. The van der Waals surface area contributed by atoms with E-state index in [4.69, 9.17) is 4.74 Å². The number of ether oxygens (including phenoxy) is 1. The molecule has 1 aromatic carbocycles. The summed E-state index contributed by atoms with van der Waals surface area (Å²) in [5.41, 5.74) is -0.501. The van der Waals surface area contributed by atoms with Gasteiger partial charge in [-0.05, 0) is 45.0 Å². The van der Waals surface area contributed by atoms with E-state index >= 15 is 0 Å². The Hall–Kier alpha value is -1.51. The first-order valence-corrected chi connectivity index (χ1v) is 9.72. The van der Waals surface area contributed by atoms with Crippen LogP contribution in [0.25, 0.3) is 0 Å². The van der Waals surface area contributed by atoms with Gasteiger partial charge in [-0.25, -0.2) is 12.8 Å². The monoisotopic (exact) mass is 372 g/mol. The minimum Gasteiger partial charge on any atom is -0.460 e. The highest BCUT2D eigenvalue weighted by Gasteiger charge is 2.28. The van der Waals surface area contributed by atoms with Crippen molar-refractivity contribution in [3.05, 3.63) is 30.1 Å². The lowest BCUT2D eigenvalue weighted by molar-refractivity contribution is -0.155. The number of sulfonamides is 1. The van der Waals surface area contributed by atoms with Gasteiger partial charge < -0.3 is 9.64 Å². The Morgan fingerprint density at radius 3 is 2.20 bits per heavy atom. The smallest absolute Gasteiger partial charge is 0.307 e. The standard InChI is InChI=1S/C17H25FN2O4S/c1-17(2,3)24-16(21)8-9-19-10-12-20(13-11-19)25(22,23)15-6-4-14(18)5-7-15/h4-7H,8-13H2,1-3H3. The van der Waals surface area contributed by atoms with Crippen molar-refractivity contribution in [3.8, 4) is 0 Å². The molecule has 0 amide bonds. The maximum Gasteiger partial charge on any atom is 0.307 e. The fraction of sp³-hybridized carbons (Fsp3) is 0.588. The quantitative estimate of drug-likeness (QED) is 0.738. The molecule has 1 aromatic rings. The highest BCUT2D eigenvalue weighted by atomic mass is 32.2. The number of nitrogens with zero attached hydrogens (tertiary/aromatic N) is 2. The molecule has 0 radical (unpaired) electrons. The van der Waals surface area contributed by atoms with Gasteiger partial charge in [0.25, 0.3) is 0 Å². The fourth-order valence-electron chi connectivity index (χ4n) is 2.59. The normalized spacial score (nSPS) is 17.4. The van der Waals surface area contributed by atoms with E-state index in [9.17, 15) is 17.6 Å². The summed E-state index contributed by atoms with van der Waals surface area (Å²) in [4.78, 5) is 13.9. The van der Waals surface area contributed by atoms with Crippen LogP contribution in [0.3, 0.4) is 0 Å². The van der Waals surface area contributed by atoms with Gasteiger partial charge in [0.05, 0.1) is 11.3 Å². The largest absolute Gasteiger partial charge is 0.460 e. The predicted molar refractivity (Wildman–Crippen MR) is 92.1 cm³/mol. The molecular formula is C17H25FN2O4S. The first-order chi connectivity index (χ1) is 11.6. The minimum absolute atomic E-state index is 0.0936. The van der Waals surface area contributed by atoms with Gasteiger partial charge in [-0.3, -0.25) is 4.79 Å². The van der Waals surface area contributed by atoms with Crippen molar-refractivity contribution < 1.29 is 22.3 Å². The van der Waals surface area contributed by atoms with Gasteiger partial charge in [0.15, 0.2) is 0 Å². The molecule has 0 aliphatic carbocycles. The van der Waals surface area contributed by atoms with Crippen LogP contribution in [0.15, 0.2) is 29.2 Å². The number of esters is 1. The average molecular weight is 372 g/mol. The number of benzene rings is 1. The molecule has 25 heavy (non-hydrogen) atoms. The van der Waals surface area contributed by atoms with Crippen molar-refractivity contribution in [1.82, 2.24) is 9.21 Å². The molecule has 8 heteroatoms. The topological polar surface area (TPSA) is 66.9 Å². The molecule has 1 heterocycles. The molecule has 140 valence electrons. The van der Waals surface area contributed by atoms with Crippen LogP contribution in [0, 0.1) is 5.82 Å². The molecule has 0 spiro atoms. The van der Waals surface area contributed by atoms with Gasteiger partial charge in [0.1, 0.15) is 11.4 Å². The van der Waals surface area contributed by atoms with Crippen LogP contribution < -0.4 is 0 Å².